The Morgan fingerprint density at radius 3 is 2.50 bits per heavy atom. The summed E-state index contributed by atoms with van der Waals surface area (Å²) in [4.78, 5) is 14.8. The Morgan fingerprint density at radius 1 is 0.821 bits per heavy atom. The fourth-order valence-corrected chi connectivity index (χ4v) is 4.27. The Balaban J connectivity index is 1.60. The van der Waals surface area contributed by atoms with Gasteiger partial charge in [0.15, 0.2) is 0 Å². The molecular weight excluding hydrogens is 344 g/mol. The number of fused-ring (bicyclic) bond motifs is 2. The number of nitrogens with zero attached hydrogens (tertiary/aromatic N) is 4. The second-order valence-corrected chi connectivity index (χ2v) is 7.57. The quantitative estimate of drug-likeness (QED) is 0.520. The SMILES string of the molecule is Cc1nc2ccccc2n1-c1nc2c(c(CCc3ccccc3)n1)CCCC2. The van der Waals surface area contributed by atoms with Gasteiger partial charge < -0.3 is 0 Å². The van der Waals surface area contributed by atoms with Gasteiger partial charge in [-0.15, -0.1) is 0 Å². The molecule has 2 aromatic carbocycles. The number of aryl methyl sites for hydroxylation is 4. The van der Waals surface area contributed by atoms with Gasteiger partial charge in [0, 0.05) is 11.4 Å². The first-order valence-corrected chi connectivity index (χ1v) is 10.2. The standard InChI is InChI=1S/C24H24N4/c1-17-25-22-13-7-8-14-23(22)28(17)24-26-20-12-6-5-11-19(20)21(27-24)16-15-18-9-3-2-4-10-18/h2-4,7-10,13-14H,5-6,11-12,15-16H2,1H3. The Bertz CT molecular complexity index is 1130. The van der Waals surface area contributed by atoms with Crippen molar-refractivity contribution in [2.24, 2.45) is 0 Å². The summed E-state index contributed by atoms with van der Waals surface area (Å²) in [7, 11) is 0. The van der Waals surface area contributed by atoms with Crippen LogP contribution < -0.4 is 0 Å². The summed E-state index contributed by atoms with van der Waals surface area (Å²) in [5.41, 5.74) is 7.25. The Morgan fingerprint density at radius 2 is 1.61 bits per heavy atom. The summed E-state index contributed by atoms with van der Waals surface area (Å²) in [5, 5.41) is 0. The van der Waals surface area contributed by atoms with Gasteiger partial charge in [-0.05, 0) is 68.7 Å². The first kappa shape index (κ1) is 17.1. The molecule has 4 nitrogen and oxygen atoms in total. The van der Waals surface area contributed by atoms with Crippen LogP contribution in [-0.4, -0.2) is 19.5 Å². The van der Waals surface area contributed by atoms with Crippen LogP contribution in [0.1, 0.15) is 41.2 Å². The van der Waals surface area contributed by atoms with Crippen LogP contribution in [0.15, 0.2) is 54.6 Å². The van der Waals surface area contributed by atoms with Crippen LogP contribution in [-0.2, 0) is 25.7 Å². The Labute approximate surface area is 165 Å². The molecule has 0 amide bonds. The number of para-hydroxylation sites is 2. The molecule has 2 heterocycles. The number of hydrogen-bond donors (Lipinski definition) is 0. The van der Waals surface area contributed by atoms with E-state index < -0.39 is 0 Å². The van der Waals surface area contributed by atoms with Crippen molar-refractivity contribution in [3.8, 4) is 5.95 Å². The maximum absolute atomic E-state index is 5.07. The summed E-state index contributed by atoms with van der Waals surface area (Å²) in [6.45, 7) is 2.03. The monoisotopic (exact) mass is 368 g/mol. The number of rotatable bonds is 4. The molecule has 0 N–H and O–H groups in total. The molecule has 0 saturated carbocycles. The zero-order chi connectivity index (χ0) is 18.9. The fraction of sp³-hybridized carbons (Fsp3) is 0.292. The highest BCUT2D eigenvalue weighted by molar-refractivity contribution is 5.77. The summed E-state index contributed by atoms with van der Waals surface area (Å²) in [6, 6.07) is 18.9. The van der Waals surface area contributed by atoms with Crippen molar-refractivity contribution in [1.82, 2.24) is 19.5 Å². The first-order valence-electron chi connectivity index (χ1n) is 10.2. The van der Waals surface area contributed by atoms with Crippen molar-refractivity contribution in [3.05, 3.63) is 82.9 Å². The normalized spacial score (nSPS) is 13.6. The zero-order valence-electron chi connectivity index (χ0n) is 16.2. The molecular formula is C24H24N4. The average Bonchev–Trinajstić information content (AvgIpc) is 3.08. The minimum atomic E-state index is 0.773. The smallest absolute Gasteiger partial charge is 0.236 e. The lowest BCUT2D eigenvalue weighted by Crippen LogP contribution is -2.16. The summed E-state index contributed by atoms with van der Waals surface area (Å²) in [6.07, 6.45) is 6.56. The molecule has 4 aromatic rings. The molecule has 0 atom stereocenters. The van der Waals surface area contributed by atoms with Crippen molar-refractivity contribution in [3.63, 3.8) is 0 Å². The minimum Gasteiger partial charge on any atom is -0.264 e. The van der Waals surface area contributed by atoms with Gasteiger partial charge in [0.25, 0.3) is 0 Å². The predicted molar refractivity (Wildman–Crippen MR) is 112 cm³/mol. The molecule has 0 bridgehead atoms. The van der Waals surface area contributed by atoms with Gasteiger partial charge in [0.05, 0.1) is 11.0 Å². The van der Waals surface area contributed by atoms with Crippen LogP contribution >= 0.6 is 0 Å². The van der Waals surface area contributed by atoms with E-state index in [4.69, 9.17) is 15.0 Å². The second kappa shape index (κ2) is 7.19. The third-order valence-corrected chi connectivity index (χ3v) is 5.68. The molecule has 28 heavy (non-hydrogen) atoms. The average molecular weight is 368 g/mol. The first-order chi connectivity index (χ1) is 13.8. The molecule has 1 aliphatic rings. The van der Waals surface area contributed by atoms with Crippen LogP contribution in [0.25, 0.3) is 17.0 Å². The molecule has 4 heteroatoms. The lowest BCUT2D eigenvalue weighted by atomic mass is 9.92. The minimum absolute atomic E-state index is 0.773. The molecule has 2 aromatic heterocycles. The fourth-order valence-electron chi connectivity index (χ4n) is 4.27. The third kappa shape index (κ3) is 3.09. The molecule has 0 spiro atoms. The van der Waals surface area contributed by atoms with E-state index in [1.165, 1.54) is 35.4 Å². The van der Waals surface area contributed by atoms with E-state index in [0.29, 0.717) is 0 Å². The van der Waals surface area contributed by atoms with Crippen LogP contribution in [0, 0.1) is 6.92 Å². The highest BCUT2D eigenvalue weighted by Crippen LogP contribution is 2.26. The second-order valence-electron chi connectivity index (χ2n) is 7.57. The van der Waals surface area contributed by atoms with Crippen LogP contribution in [0.4, 0.5) is 0 Å². The van der Waals surface area contributed by atoms with Crippen molar-refractivity contribution in [2.45, 2.75) is 45.4 Å². The van der Waals surface area contributed by atoms with Gasteiger partial charge in [-0.1, -0.05) is 42.5 Å². The van der Waals surface area contributed by atoms with Gasteiger partial charge in [0.1, 0.15) is 5.82 Å². The Hall–Kier alpha value is -3.01. The van der Waals surface area contributed by atoms with Gasteiger partial charge in [-0.2, -0.15) is 0 Å². The molecule has 1 aliphatic carbocycles. The van der Waals surface area contributed by atoms with E-state index >= 15 is 0 Å². The summed E-state index contributed by atoms with van der Waals surface area (Å²) < 4.78 is 2.11. The van der Waals surface area contributed by atoms with E-state index in [2.05, 4.69) is 47.0 Å². The molecule has 0 aliphatic heterocycles. The van der Waals surface area contributed by atoms with Gasteiger partial charge >= 0.3 is 0 Å². The van der Waals surface area contributed by atoms with Crippen molar-refractivity contribution in [2.75, 3.05) is 0 Å². The maximum Gasteiger partial charge on any atom is 0.236 e. The van der Waals surface area contributed by atoms with E-state index in [-0.39, 0.29) is 0 Å². The van der Waals surface area contributed by atoms with E-state index in [1.54, 1.807) is 0 Å². The highest BCUT2D eigenvalue weighted by Gasteiger charge is 2.20. The zero-order valence-corrected chi connectivity index (χ0v) is 16.2. The molecule has 5 rings (SSSR count). The summed E-state index contributed by atoms with van der Waals surface area (Å²) in [5.74, 6) is 1.71. The molecule has 0 saturated heterocycles. The number of aromatic nitrogens is 4. The summed E-state index contributed by atoms with van der Waals surface area (Å²) >= 11 is 0. The van der Waals surface area contributed by atoms with Crippen molar-refractivity contribution < 1.29 is 0 Å². The highest BCUT2D eigenvalue weighted by atomic mass is 15.2. The van der Waals surface area contributed by atoms with Crippen molar-refractivity contribution in [1.29, 1.82) is 0 Å². The number of benzene rings is 2. The lowest BCUT2D eigenvalue weighted by Gasteiger charge is -2.20. The van der Waals surface area contributed by atoms with E-state index in [1.807, 2.05) is 19.1 Å². The molecule has 0 fully saturated rings. The Kier molecular flexibility index (Phi) is 4.40. The molecule has 0 radical (unpaired) electrons. The molecule has 0 unspecified atom stereocenters. The lowest BCUT2D eigenvalue weighted by molar-refractivity contribution is 0.643. The van der Waals surface area contributed by atoms with Crippen molar-refractivity contribution >= 4 is 11.0 Å². The van der Waals surface area contributed by atoms with Crippen LogP contribution in [0.3, 0.4) is 0 Å². The topological polar surface area (TPSA) is 43.6 Å². The van der Waals surface area contributed by atoms with Gasteiger partial charge in [0.2, 0.25) is 5.95 Å². The molecule has 140 valence electrons. The predicted octanol–water partition coefficient (Wildman–Crippen LogP) is 4.79. The third-order valence-electron chi connectivity index (χ3n) is 5.68. The number of hydrogen-bond acceptors (Lipinski definition) is 3. The van der Waals surface area contributed by atoms with Crippen LogP contribution in [0.2, 0.25) is 0 Å². The number of imidazole rings is 1. The van der Waals surface area contributed by atoms with Gasteiger partial charge in [-0.25, -0.2) is 15.0 Å². The largest absolute Gasteiger partial charge is 0.264 e. The van der Waals surface area contributed by atoms with Gasteiger partial charge in [-0.3, -0.25) is 4.57 Å². The van der Waals surface area contributed by atoms with Crippen LogP contribution in [0.5, 0.6) is 0 Å². The van der Waals surface area contributed by atoms with E-state index in [0.717, 1.165) is 48.5 Å². The maximum atomic E-state index is 5.07. The van der Waals surface area contributed by atoms with E-state index in [9.17, 15) is 0 Å².